The van der Waals surface area contributed by atoms with Gasteiger partial charge in [0.1, 0.15) is 5.82 Å². The zero-order chi connectivity index (χ0) is 19.1. The summed E-state index contributed by atoms with van der Waals surface area (Å²) in [6.45, 7) is 3.72. The first kappa shape index (κ1) is 17.4. The highest BCUT2D eigenvalue weighted by Gasteiger charge is 2.28. The van der Waals surface area contributed by atoms with Gasteiger partial charge >= 0.3 is 0 Å². The zero-order valence-electron chi connectivity index (χ0n) is 15.8. The predicted octanol–water partition coefficient (Wildman–Crippen LogP) is 4.82. The van der Waals surface area contributed by atoms with Crippen LogP contribution < -0.4 is 0 Å². The second kappa shape index (κ2) is 7.02. The van der Waals surface area contributed by atoms with Crippen molar-refractivity contribution in [1.82, 2.24) is 9.47 Å². The molecule has 0 unspecified atom stereocenters. The average molecular weight is 374 g/mol. The van der Waals surface area contributed by atoms with Crippen LogP contribution >= 0.6 is 0 Å². The van der Waals surface area contributed by atoms with Gasteiger partial charge in [0.05, 0.1) is 12.2 Å². The van der Waals surface area contributed by atoms with E-state index in [9.17, 15) is 9.18 Å². The molecule has 3 nitrogen and oxygen atoms in total. The Balaban J connectivity index is 1.26. The maximum absolute atomic E-state index is 13.4. The fourth-order valence-corrected chi connectivity index (χ4v) is 4.54. The van der Waals surface area contributed by atoms with Crippen LogP contribution in [0.1, 0.15) is 28.9 Å². The summed E-state index contributed by atoms with van der Waals surface area (Å²) in [6, 6.07) is 17.1. The van der Waals surface area contributed by atoms with Crippen molar-refractivity contribution in [2.45, 2.75) is 25.9 Å². The monoisotopic (exact) mass is 374 g/mol. The summed E-state index contributed by atoms with van der Waals surface area (Å²) in [4.78, 5) is 15.3. The summed E-state index contributed by atoms with van der Waals surface area (Å²) in [5.74, 6) is 0.296. The van der Waals surface area contributed by atoms with Gasteiger partial charge in [-0.05, 0) is 61.7 Å². The Bertz CT molecular complexity index is 1060. The minimum absolute atomic E-state index is 0.100. The van der Waals surface area contributed by atoms with Crippen molar-refractivity contribution < 1.29 is 9.18 Å². The molecule has 28 heavy (non-hydrogen) atoms. The van der Waals surface area contributed by atoms with Crippen LogP contribution in [0, 0.1) is 11.7 Å². The quantitative estimate of drug-likeness (QED) is 0.615. The van der Waals surface area contributed by atoms with Gasteiger partial charge in [-0.3, -0.25) is 9.69 Å². The number of aromatic nitrogens is 1. The first-order valence-corrected chi connectivity index (χ1v) is 9.98. The molecule has 3 aromatic rings. The number of carbonyl (C=O) groups excluding carboxylic acids is 1. The lowest BCUT2D eigenvalue weighted by atomic mass is 9.93. The van der Waals surface area contributed by atoms with Crippen LogP contribution in [-0.2, 0) is 13.1 Å². The maximum atomic E-state index is 13.4. The number of hydrogen-bond acceptors (Lipinski definition) is 2. The lowest BCUT2D eigenvalue weighted by Gasteiger charge is -2.30. The molecule has 5 rings (SSSR count). The summed E-state index contributed by atoms with van der Waals surface area (Å²) in [5, 5.41) is 0.802. The largest absolute Gasteiger partial charge is 0.333 e. The van der Waals surface area contributed by atoms with E-state index in [2.05, 4.69) is 41.3 Å². The summed E-state index contributed by atoms with van der Waals surface area (Å²) in [5.41, 5.74) is 3.87. The highest BCUT2D eigenvalue weighted by Crippen LogP contribution is 2.31. The third-order valence-electron chi connectivity index (χ3n) is 6.03. The van der Waals surface area contributed by atoms with Crippen LogP contribution in [0.4, 0.5) is 4.39 Å². The van der Waals surface area contributed by atoms with Gasteiger partial charge in [0.2, 0.25) is 5.78 Å². The van der Waals surface area contributed by atoms with E-state index >= 15 is 0 Å². The number of ketones is 1. The second-order valence-electron chi connectivity index (χ2n) is 7.94. The fourth-order valence-electron chi connectivity index (χ4n) is 4.54. The molecule has 3 heterocycles. The molecule has 2 aromatic carbocycles. The highest BCUT2D eigenvalue weighted by atomic mass is 19.1. The molecule has 0 aliphatic carbocycles. The van der Waals surface area contributed by atoms with E-state index in [-0.39, 0.29) is 11.6 Å². The minimum atomic E-state index is -0.262. The summed E-state index contributed by atoms with van der Waals surface area (Å²) in [7, 11) is 0. The average Bonchev–Trinajstić information content (AvgIpc) is 3.20. The SMILES string of the molecule is O=C1C(=CC2CCN(Cc3ccccc3)CC2)Cn2c1cc1cc(F)ccc12. The van der Waals surface area contributed by atoms with Crippen LogP contribution in [0.5, 0.6) is 0 Å². The van der Waals surface area contributed by atoms with Gasteiger partial charge in [-0.2, -0.15) is 0 Å². The van der Waals surface area contributed by atoms with Gasteiger partial charge < -0.3 is 4.57 Å². The number of halogens is 1. The molecule has 1 saturated heterocycles. The number of fused-ring (bicyclic) bond motifs is 3. The molecule has 2 aliphatic heterocycles. The Morgan fingerprint density at radius 3 is 2.61 bits per heavy atom. The molecule has 0 spiro atoms. The number of carbonyl (C=O) groups is 1. The minimum Gasteiger partial charge on any atom is -0.333 e. The number of piperidine rings is 1. The molecule has 1 aromatic heterocycles. The molecule has 0 bridgehead atoms. The first-order chi connectivity index (χ1) is 13.7. The molecule has 0 radical (unpaired) electrons. The van der Waals surface area contributed by atoms with E-state index in [4.69, 9.17) is 0 Å². The lowest BCUT2D eigenvalue weighted by molar-refractivity contribution is 0.103. The van der Waals surface area contributed by atoms with Crippen LogP contribution in [-0.4, -0.2) is 28.3 Å². The Morgan fingerprint density at radius 2 is 1.82 bits per heavy atom. The van der Waals surface area contributed by atoms with Crippen molar-refractivity contribution in [2.75, 3.05) is 13.1 Å². The first-order valence-electron chi connectivity index (χ1n) is 9.98. The molecule has 0 saturated carbocycles. The number of hydrogen-bond donors (Lipinski definition) is 0. The van der Waals surface area contributed by atoms with Crippen LogP contribution in [0.15, 0.2) is 66.2 Å². The third kappa shape index (κ3) is 3.18. The number of Topliss-reactive ketones (excluding diaryl/α,β-unsaturated/α-hetero) is 1. The van der Waals surface area contributed by atoms with Gasteiger partial charge in [-0.25, -0.2) is 4.39 Å². The summed E-state index contributed by atoms with van der Waals surface area (Å²) >= 11 is 0. The number of benzene rings is 2. The molecule has 0 atom stereocenters. The van der Waals surface area contributed by atoms with E-state index in [0.717, 1.165) is 49.0 Å². The van der Waals surface area contributed by atoms with E-state index in [1.165, 1.54) is 17.7 Å². The normalized spacial score (nSPS) is 19.6. The van der Waals surface area contributed by atoms with Gasteiger partial charge in [0, 0.05) is 23.0 Å². The summed E-state index contributed by atoms with van der Waals surface area (Å²) in [6.07, 6.45) is 4.37. The maximum Gasteiger partial charge on any atom is 0.206 e. The Kier molecular flexibility index (Phi) is 4.36. The van der Waals surface area contributed by atoms with E-state index in [0.29, 0.717) is 18.2 Å². The number of rotatable bonds is 3. The molecule has 142 valence electrons. The third-order valence-corrected chi connectivity index (χ3v) is 6.03. The molecule has 2 aliphatic rings. The van der Waals surface area contributed by atoms with Crippen molar-refractivity contribution in [3.63, 3.8) is 0 Å². The van der Waals surface area contributed by atoms with Crippen molar-refractivity contribution in [2.24, 2.45) is 5.92 Å². The number of allylic oxidation sites excluding steroid dienone is 2. The predicted molar refractivity (Wildman–Crippen MR) is 109 cm³/mol. The standard InChI is InChI=1S/C24H23FN2O/c25-21-6-7-22-19(13-21)14-23-24(28)20(16-27(22)23)12-17-8-10-26(11-9-17)15-18-4-2-1-3-5-18/h1-7,12-14,17H,8-11,15-16H2. The van der Waals surface area contributed by atoms with Crippen molar-refractivity contribution in [1.29, 1.82) is 0 Å². The van der Waals surface area contributed by atoms with E-state index in [1.807, 2.05) is 10.6 Å². The second-order valence-corrected chi connectivity index (χ2v) is 7.94. The van der Waals surface area contributed by atoms with Gasteiger partial charge in [0.15, 0.2) is 0 Å². The number of likely N-dealkylation sites (tertiary alicyclic amines) is 1. The fraction of sp³-hybridized carbons (Fsp3) is 0.292. The Hall–Kier alpha value is -2.72. The molecule has 4 heteroatoms. The smallest absolute Gasteiger partial charge is 0.206 e. The van der Waals surface area contributed by atoms with Gasteiger partial charge in [0.25, 0.3) is 0 Å². The van der Waals surface area contributed by atoms with E-state index < -0.39 is 0 Å². The zero-order valence-corrected chi connectivity index (χ0v) is 15.8. The molecule has 1 fully saturated rings. The number of nitrogens with zero attached hydrogens (tertiary/aromatic N) is 2. The van der Waals surface area contributed by atoms with E-state index in [1.54, 1.807) is 6.07 Å². The molecule has 0 N–H and O–H groups in total. The topological polar surface area (TPSA) is 25.2 Å². The molecular weight excluding hydrogens is 351 g/mol. The van der Waals surface area contributed by atoms with Crippen LogP contribution in [0.2, 0.25) is 0 Å². The Morgan fingerprint density at radius 1 is 1.04 bits per heavy atom. The van der Waals surface area contributed by atoms with Crippen LogP contribution in [0.3, 0.4) is 0 Å². The van der Waals surface area contributed by atoms with Crippen molar-refractivity contribution >= 4 is 16.7 Å². The molecular formula is C24H23FN2O. The lowest BCUT2D eigenvalue weighted by Crippen LogP contribution is -2.32. The van der Waals surface area contributed by atoms with Crippen molar-refractivity contribution in [3.05, 3.63) is 83.3 Å². The van der Waals surface area contributed by atoms with Crippen molar-refractivity contribution in [3.8, 4) is 0 Å². The van der Waals surface area contributed by atoms with Crippen LogP contribution in [0.25, 0.3) is 10.9 Å². The van der Waals surface area contributed by atoms with Gasteiger partial charge in [-0.15, -0.1) is 0 Å². The highest BCUT2D eigenvalue weighted by molar-refractivity contribution is 6.12. The summed E-state index contributed by atoms with van der Waals surface area (Å²) < 4.78 is 15.5. The van der Waals surface area contributed by atoms with Gasteiger partial charge in [-0.1, -0.05) is 36.4 Å². The molecule has 0 amide bonds. The Labute approximate surface area is 164 Å².